The first-order valence-electron chi connectivity index (χ1n) is 5.16. The van der Waals surface area contributed by atoms with Crippen LogP contribution in [0, 0.1) is 0 Å². The molecule has 5 heteroatoms. The lowest BCUT2D eigenvalue weighted by molar-refractivity contribution is -0.145. The van der Waals surface area contributed by atoms with Crippen molar-refractivity contribution in [2.75, 3.05) is 47.1 Å². The highest BCUT2D eigenvalue weighted by Gasteiger charge is 2.22. The number of nitrogens with zero attached hydrogens (tertiary/aromatic N) is 1. The van der Waals surface area contributed by atoms with Crippen LogP contribution in [0.15, 0.2) is 0 Å². The number of hydrogen-bond acceptors (Lipinski definition) is 5. The largest absolute Gasteiger partial charge is 0.469 e. The molecule has 88 valence electrons. The average molecular weight is 217 g/mol. The molecule has 0 amide bonds. The van der Waals surface area contributed by atoms with Crippen LogP contribution in [-0.4, -0.2) is 64.0 Å². The predicted molar refractivity (Wildman–Crippen MR) is 54.7 cm³/mol. The first kappa shape index (κ1) is 12.4. The van der Waals surface area contributed by atoms with Gasteiger partial charge in [0.05, 0.1) is 32.8 Å². The molecule has 0 N–H and O–H groups in total. The standard InChI is InChI=1S/C10H19NO4/c1-13-5-3-11-4-6-15-9(8-11)7-10(12)14-2/h9H,3-8H2,1-2H3. The zero-order valence-electron chi connectivity index (χ0n) is 9.40. The molecule has 0 aromatic carbocycles. The molecule has 0 radical (unpaired) electrons. The van der Waals surface area contributed by atoms with E-state index in [1.54, 1.807) is 7.11 Å². The molecule has 0 bridgehead atoms. The minimum Gasteiger partial charge on any atom is -0.469 e. The molecule has 1 rings (SSSR count). The Morgan fingerprint density at radius 3 is 3.00 bits per heavy atom. The molecule has 1 heterocycles. The summed E-state index contributed by atoms with van der Waals surface area (Å²) in [4.78, 5) is 13.3. The van der Waals surface area contributed by atoms with Crippen LogP contribution in [0.1, 0.15) is 6.42 Å². The van der Waals surface area contributed by atoms with E-state index in [1.807, 2.05) is 0 Å². The maximum absolute atomic E-state index is 11.1. The second-order valence-electron chi connectivity index (χ2n) is 3.57. The lowest BCUT2D eigenvalue weighted by Gasteiger charge is -2.32. The van der Waals surface area contributed by atoms with Crippen LogP contribution >= 0.6 is 0 Å². The summed E-state index contributed by atoms with van der Waals surface area (Å²) in [5.74, 6) is -0.214. The second kappa shape index (κ2) is 6.76. The molecule has 1 unspecified atom stereocenters. The van der Waals surface area contributed by atoms with Crippen molar-refractivity contribution in [3.63, 3.8) is 0 Å². The number of morpholine rings is 1. The number of methoxy groups -OCH3 is 2. The van der Waals surface area contributed by atoms with Gasteiger partial charge in [0.15, 0.2) is 0 Å². The fourth-order valence-corrected chi connectivity index (χ4v) is 1.60. The van der Waals surface area contributed by atoms with Crippen molar-refractivity contribution in [3.05, 3.63) is 0 Å². The predicted octanol–water partition coefficient (Wildman–Crippen LogP) is -0.103. The van der Waals surface area contributed by atoms with Gasteiger partial charge >= 0.3 is 5.97 Å². The highest BCUT2D eigenvalue weighted by atomic mass is 16.5. The Morgan fingerprint density at radius 1 is 1.53 bits per heavy atom. The molecular weight excluding hydrogens is 198 g/mol. The van der Waals surface area contributed by atoms with Gasteiger partial charge in [-0.2, -0.15) is 0 Å². The number of esters is 1. The summed E-state index contributed by atoms with van der Waals surface area (Å²) in [6.45, 7) is 3.95. The Bertz CT molecular complexity index is 198. The first-order valence-corrected chi connectivity index (χ1v) is 5.16. The lowest BCUT2D eigenvalue weighted by Crippen LogP contribution is -2.44. The van der Waals surface area contributed by atoms with Gasteiger partial charge in [0, 0.05) is 26.7 Å². The summed E-state index contributed by atoms with van der Waals surface area (Å²) >= 11 is 0. The molecule has 0 saturated carbocycles. The normalized spacial score (nSPS) is 22.7. The van der Waals surface area contributed by atoms with Gasteiger partial charge in [-0.05, 0) is 0 Å². The van der Waals surface area contributed by atoms with Crippen molar-refractivity contribution in [1.82, 2.24) is 4.90 Å². The molecule has 0 spiro atoms. The molecule has 1 fully saturated rings. The van der Waals surface area contributed by atoms with E-state index in [4.69, 9.17) is 9.47 Å². The zero-order valence-corrected chi connectivity index (χ0v) is 9.40. The van der Waals surface area contributed by atoms with E-state index in [0.29, 0.717) is 19.6 Å². The van der Waals surface area contributed by atoms with Gasteiger partial charge in [0.2, 0.25) is 0 Å². The third-order valence-corrected chi connectivity index (χ3v) is 2.46. The molecule has 5 nitrogen and oxygen atoms in total. The van der Waals surface area contributed by atoms with Crippen LogP contribution < -0.4 is 0 Å². The zero-order chi connectivity index (χ0) is 11.1. The maximum Gasteiger partial charge on any atom is 0.308 e. The fraction of sp³-hybridized carbons (Fsp3) is 0.900. The van der Waals surface area contributed by atoms with E-state index in [2.05, 4.69) is 9.64 Å². The molecule has 1 atom stereocenters. The van der Waals surface area contributed by atoms with Crippen molar-refractivity contribution >= 4 is 5.97 Å². The van der Waals surface area contributed by atoms with E-state index < -0.39 is 0 Å². The first-order chi connectivity index (χ1) is 7.26. The second-order valence-corrected chi connectivity index (χ2v) is 3.57. The minimum absolute atomic E-state index is 0.0388. The monoisotopic (exact) mass is 217 g/mol. The summed E-state index contributed by atoms with van der Waals surface area (Å²) in [6.07, 6.45) is 0.294. The molecule has 1 saturated heterocycles. The molecule has 0 aromatic heterocycles. The molecule has 1 aliphatic heterocycles. The SMILES string of the molecule is COCCN1CCOC(CC(=O)OC)C1. The van der Waals surface area contributed by atoms with Gasteiger partial charge in [0.25, 0.3) is 0 Å². The Morgan fingerprint density at radius 2 is 2.33 bits per heavy atom. The quantitative estimate of drug-likeness (QED) is 0.602. The third kappa shape index (κ3) is 4.59. The lowest BCUT2D eigenvalue weighted by atomic mass is 10.2. The molecule has 1 aliphatic rings. The van der Waals surface area contributed by atoms with E-state index in [0.717, 1.165) is 19.6 Å². The van der Waals surface area contributed by atoms with Crippen LogP contribution in [0.5, 0.6) is 0 Å². The summed E-state index contributed by atoms with van der Waals surface area (Å²) in [6, 6.07) is 0. The highest BCUT2D eigenvalue weighted by Crippen LogP contribution is 2.08. The number of ether oxygens (including phenoxy) is 3. The smallest absolute Gasteiger partial charge is 0.308 e. The Labute approximate surface area is 90.3 Å². The van der Waals surface area contributed by atoms with Crippen molar-refractivity contribution < 1.29 is 19.0 Å². The van der Waals surface area contributed by atoms with Gasteiger partial charge in [-0.3, -0.25) is 9.69 Å². The number of carbonyl (C=O) groups excluding carboxylic acids is 1. The fourth-order valence-electron chi connectivity index (χ4n) is 1.60. The molecule has 0 aromatic rings. The van der Waals surface area contributed by atoms with Crippen LogP contribution in [-0.2, 0) is 19.0 Å². The Hall–Kier alpha value is -0.650. The number of carbonyl (C=O) groups is 1. The van der Waals surface area contributed by atoms with Gasteiger partial charge in [-0.25, -0.2) is 0 Å². The van der Waals surface area contributed by atoms with Crippen LogP contribution in [0.2, 0.25) is 0 Å². The van der Waals surface area contributed by atoms with Crippen molar-refractivity contribution in [2.24, 2.45) is 0 Å². The average Bonchev–Trinajstić information content (AvgIpc) is 2.26. The van der Waals surface area contributed by atoms with E-state index in [-0.39, 0.29) is 12.1 Å². The summed E-state index contributed by atoms with van der Waals surface area (Å²) in [7, 11) is 3.08. The van der Waals surface area contributed by atoms with Crippen molar-refractivity contribution in [2.45, 2.75) is 12.5 Å². The van der Waals surface area contributed by atoms with Gasteiger partial charge in [0.1, 0.15) is 0 Å². The van der Waals surface area contributed by atoms with E-state index >= 15 is 0 Å². The van der Waals surface area contributed by atoms with E-state index in [1.165, 1.54) is 7.11 Å². The Balaban J connectivity index is 2.25. The van der Waals surface area contributed by atoms with Gasteiger partial charge < -0.3 is 14.2 Å². The molecule has 0 aliphatic carbocycles. The number of rotatable bonds is 5. The summed E-state index contributed by atoms with van der Waals surface area (Å²) in [5, 5.41) is 0. The third-order valence-electron chi connectivity index (χ3n) is 2.46. The highest BCUT2D eigenvalue weighted by molar-refractivity contribution is 5.69. The van der Waals surface area contributed by atoms with Gasteiger partial charge in [-0.15, -0.1) is 0 Å². The van der Waals surface area contributed by atoms with Crippen molar-refractivity contribution in [1.29, 1.82) is 0 Å². The summed E-state index contributed by atoms with van der Waals surface area (Å²) in [5.41, 5.74) is 0. The molecular formula is C10H19NO4. The topological polar surface area (TPSA) is 48.0 Å². The molecule has 15 heavy (non-hydrogen) atoms. The maximum atomic E-state index is 11.1. The van der Waals surface area contributed by atoms with Gasteiger partial charge in [-0.1, -0.05) is 0 Å². The van der Waals surface area contributed by atoms with E-state index in [9.17, 15) is 4.79 Å². The van der Waals surface area contributed by atoms with Crippen LogP contribution in [0.3, 0.4) is 0 Å². The minimum atomic E-state index is -0.214. The number of hydrogen-bond donors (Lipinski definition) is 0. The van der Waals surface area contributed by atoms with Crippen LogP contribution in [0.4, 0.5) is 0 Å². The van der Waals surface area contributed by atoms with Crippen LogP contribution in [0.25, 0.3) is 0 Å². The van der Waals surface area contributed by atoms with Crippen molar-refractivity contribution in [3.8, 4) is 0 Å². The Kier molecular flexibility index (Phi) is 5.60. The summed E-state index contributed by atoms with van der Waals surface area (Å²) < 4.78 is 15.1.